The van der Waals surface area contributed by atoms with Crippen LogP contribution in [0.1, 0.15) is 49.0 Å². The highest BCUT2D eigenvalue weighted by Crippen LogP contribution is 2.36. The quantitative estimate of drug-likeness (QED) is 0.815. The molecule has 138 valence electrons. The van der Waals surface area contributed by atoms with Crippen LogP contribution in [0, 0.1) is 11.8 Å². The normalized spacial score (nSPS) is 25.3. The standard InChI is InChI=1S/C20H25N3O2S/c24-17(22-9-8-13-4-1-2-5-14(13)10-22)11-23-12-21-19-18(20(23)25)15-6-3-7-16(15)26-19/h12-14H,1-11H2/t13-,14+/m0/s1. The van der Waals surface area contributed by atoms with Crippen LogP contribution in [0.15, 0.2) is 11.1 Å². The summed E-state index contributed by atoms with van der Waals surface area (Å²) in [6, 6.07) is 0. The first-order chi connectivity index (χ1) is 12.7. The Bertz CT molecular complexity index is 916. The Balaban J connectivity index is 1.37. The molecule has 26 heavy (non-hydrogen) atoms. The highest BCUT2D eigenvalue weighted by molar-refractivity contribution is 7.18. The number of thiophene rings is 1. The van der Waals surface area contributed by atoms with Crippen LogP contribution >= 0.6 is 11.3 Å². The van der Waals surface area contributed by atoms with E-state index >= 15 is 0 Å². The average molecular weight is 372 g/mol. The van der Waals surface area contributed by atoms with Gasteiger partial charge in [-0.25, -0.2) is 4.98 Å². The van der Waals surface area contributed by atoms with Crippen LogP contribution in [0.5, 0.6) is 0 Å². The highest BCUT2D eigenvalue weighted by Gasteiger charge is 2.33. The van der Waals surface area contributed by atoms with E-state index in [4.69, 9.17) is 0 Å². The lowest BCUT2D eigenvalue weighted by Crippen LogP contribution is -2.46. The molecule has 0 radical (unpaired) electrons. The number of amides is 1. The summed E-state index contributed by atoms with van der Waals surface area (Å²) >= 11 is 1.65. The number of likely N-dealkylation sites (tertiary alicyclic amines) is 1. The molecule has 1 aliphatic heterocycles. The van der Waals surface area contributed by atoms with Crippen LogP contribution in [-0.2, 0) is 24.2 Å². The van der Waals surface area contributed by atoms with Crippen LogP contribution < -0.4 is 5.56 Å². The van der Waals surface area contributed by atoms with Gasteiger partial charge in [0.2, 0.25) is 5.91 Å². The average Bonchev–Trinajstić information content (AvgIpc) is 3.24. The molecular weight excluding hydrogens is 346 g/mol. The summed E-state index contributed by atoms with van der Waals surface area (Å²) in [6.07, 6.45) is 11.1. The van der Waals surface area contributed by atoms with Crippen LogP contribution in [0.4, 0.5) is 0 Å². The Morgan fingerprint density at radius 1 is 1.15 bits per heavy atom. The van der Waals surface area contributed by atoms with Gasteiger partial charge >= 0.3 is 0 Å². The Hall–Kier alpha value is -1.69. The number of nitrogens with zero attached hydrogens (tertiary/aromatic N) is 3. The van der Waals surface area contributed by atoms with Gasteiger partial charge in [0.05, 0.1) is 11.7 Å². The predicted molar refractivity (Wildman–Crippen MR) is 103 cm³/mol. The monoisotopic (exact) mass is 371 g/mol. The van der Waals surface area contributed by atoms with Crippen LogP contribution in [0.2, 0.25) is 0 Å². The number of carbonyl (C=O) groups excluding carboxylic acids is 1. The molecule has 0 spiro atoms. The zero-order chi connectivity index (χ0) is 17.7. The van der Waals surface area contributed by atoms with Crippen molar-refractivity contribution in [2.24, 2.45) is 11.8 Å². The lowest BCUT2D eigenvalue weighted by Gasteiger charge is -2.41. The maximum absolute atomic E-state index is 13.0. The van der Waals surface area contributed by atoms with Crippen LogP contribution in [0.25, 0.3) is 10.2 Å². The first-order valence-corrected chi connectivity index (χ1v) is 10.8. The summed E-state index contributed by atoms with van der Waals surface area (Å²) in [5.74, 6) is 1.55. The summed E-state index contributed by atoms with van der Waals surface area (Å²) in [5, 5.41) is 0.767. The molecule has 2 aliphatic carbocycles. The molecule has 1 saturated heterocycles. The molecule has 2 atom stereocenters. The minimum absolute atomic E-state index is 0.0321. The van der Waals surface area contributed by atoms with E-state index in [0.29, 0.717) is 5.92 Å². The van der Waals surface area contributed by atoms with E-state index in [9.17, 15) is 9.59 Å². The molecule has 1 saturated carbocycles. The number of rotatable bonds is 2. The fraction of sp³-hybridized carbons (Fsp3) is 0.650. The Labute approximate surface area is 157 Å². The van der Waals surface area contributed by atoms with Crippen molar-refractivity contribution in [2.75, 3.05) is 13.1 Å². The molecule has 0 aromatic carbocycles. The van der Waals surface area contributed by atoms with E-state index in [1.807, 2.05) is 4.90 Å². The van der Waals surface area contributed by atoms with Gasteiger partial charge in [-0.2, -0.15) is 0 Å². The van der Waals surface area contributed by atoms with E-state index in [1.54, 1.807) is 17.7 Å². The summed E-state index contributed by atoms with van der Waals surface area (Å²) in [6.45, 7) is 1.85. The van der Waals surface area contributed by atoms with E-state index in [-0.39, 0.29) is 18.0 Å². The Morgan fingerprint density at radius 3 is 2.88 bits per heavy atom. The fourth-order valence-corrected chi connectivity index (χ4v) is 6.42. The number of hydrogen-bond acceptors (Lipinski definition) is 4. The minimum atomic E-state index is -0.0321. The summed E-state index contributed by atoms with van der Waals surface area (Å²) in [7, 11) is 0. The second-order valence-electron chi connectivity index (χ2n) is 8.15. The zero-order valence-electron chi connectivity index (χ0n) is 15.1. The SMILES string of the molecule is O=C(Cn1cnc2sc3c(c2c1=O)CCC3)N1CC[C@@H]2CCCC[C@@H]2C1. The number of aryl methyl sites for hydroxylation is 2. The molecule has 2 aromatic heterocycles. The first-order valence-electron chi connectivity index (χ1n) is 9.98. The van der Waals surface area contributed by atoms with Gasteiger partial charge in [0.1, 0.15) is 11.4 Å². The maximum Gasteiger partial charge on any atom is 0.262 e. The lowest BCUT2D eigenvalue weighted by molar-refractivity contribution is -0.135. The highest BCUT2D eigenvalue weighted by atomic mass is 32.1. The third kappa shape index (κ3) is 2.70. The lowest BCUT2D eigenvalue weighted by atomic mass is 9.75. The second kappa shape index (κ2) is 6.48. The van der Waals surface area contributed by atoms with Crippen molar-refractivity contribution in [2.45, 2.75) is 57.9 Å². The van der Waals surface area contributed by atoms with Crippen molar-refractivity contribution in [1.82, 2.24) is 14.5 Å². The topological polar surface area (TPSA) is 55.2 Å². The zero-order valence-corrected chi connectivity index (χ0v) is 15.9. The molecule has 2 fully saturated rings. The van der Waals surface area contributed by atoms with Crippen molar-refractivity contribution in [3.63, 3.8) is 0 Å². The van der Waals surface area contributed by atoms with Gasteiger partial charge in [0, 0.05) is 18.0 Å². The molecule has 6 heteroatoms. The van der Waals surface area contributed by atoms with Gasteiger partial charge in [0.15, 0.2) is 0 Å². The number of aromatic nitrogens is 2. The summed E-state index contributed by atoms with van der Waals surface area (Å²) in [5.41, 5.74) is 1.16. The third-order valence-corrected chi connectivity index (χ3v) is 7.84. The van der Waals surface area contributed by atoms with Crippen LogP contribution in [-0.4, -0.2) is 33.4 Å². The largest absolute Gasteiger partial charge is 0.341 e. The van der Waals surface area contributed by atoms with Crippen molar-refractivity contribution in [3.05, 3.63) is 27.1 Å². The van der Waals surface area contributed by atoms with Crippen molar-refractivity contribution >= 4 is 27.5 Å². The number of piperidine rings is 1. The Morgan fingerprint density at radius 2 is 2.00 bits per heavy atom. The molecule has 5 rings (SSSR count). The smallest absolute Gasteiger partial charge is 0.262 e. The van der Waals surface area contributed by atoms with Gasteiger partial charge < -0.3 is 4.90 Å². The van der Waals surface area contributed by atoms with E-state index in [2.05, 4.69) is 4.98 Å². The molecule has 0 N–H and O–H groups in total. The molecular formula is C20H25N3O2S. The summed E-state index contributed by atoms with van der Waals surface area (Å²) in [4.78, 5) is 34.4. The van der Waals surface area contributed by atoms with Crippen molar-refractivity contribution in [1.29, 1.82) is 0 Å². The minimum Gasteiger partial charge on any atom is -0.341 e. The first kappa shape index (κ1) is 16.5. The number of hydrogen-bond donors (Lipinski definition) is 0. The molecule has 3 aliphatic rings. The molecule has 3 heterocycles. The van der Waals surface area contributed by atoms with Crippen molar-refractivity contribution < 1.29 is 4.79 Å². The molecule has 1 amide bonds. The molecule has 0 bridgehead atoms. The summed E-state index contributed by atoms with van der Waals surface area (Å²) < 4.78 is 1.53. The van der Waals surface area contributed by atoms with E-state index < -0.39 is 0 Å². The second-order valence-corrected chi connectivity index (χ2v) is 9.23. The van der Waals surface area contributed by atoms with Gasteiger partial charge in [-0.05, 0) is 49.5 Å². The fourth-order valence-electron chi connectivity index (χ4n) is 5.21. The molecule has 0 unspecified atom stereocenters. The maximum atomic E-state index is 13.0. The van der Waals surface area contributed by atoms with E-state index in [1.165, 1.54) is 40.7 Å². The van der Waals surface area contributed by atoms with Gasteiger partial charge in [-0.1, -0.05) is 19.3 Å². The van der Waals surface area contributed by atoms with Gasteiger partial charge in [-0.3, -0.25) is 14.2 Å². The number of fused-ring (bicyclic) bond motifs is 4. The predicted octanol–water partition coefficient (Wildman–Crippen LogP) is 2.99. The number of carbonyl (C=O) groups is 1. The Kier molecular flexibility index (Phi) is 4.11. The third-order valence-electron chi connectivity index (χ3n) is 6.64. The molecule has 2 aromatic rings. The molecule has 5 nitrogen and oxygen atoms in total. The van der Waals surface area contributed by atoms with Crippen LogP contribution in [0.3, 0.4) is 0 Å². The van der Waals surface area contributed by atoms with Gasteiger partial charge in [0.25, 0.3) is 5.56 Å². The van der Waals surface area contributed by atoms with E-state index in [0.717, 1.165) is 54.9 Å². The van der Waals surface area contributed by atoms with Gasteiger partial charge in [-0.15, -0.1) is 11.3 Å². The van der Waals surface area contributed by atoms with Crippen molar-refractivity contribution in [3.8, 4) is 0 Å².